The van der Waals surface area contributed by atoms with Gasteiger partial charge in [-0.15, -0.1) is 0 Å². The largest absolute Gasteiger partial charge is 0.481 e. The van der Waals surface area contributed by atoms with Crippen molar-refractivity contribution in [2.24, 2.45) is 4.99 Å². The Labute approximate surface area is 100 Å². The minimum Gasteiger partial charge on any atom is -0.481 e. The molecule has 0 N–H and O–H groups in total. The molecule has 2 rings (SSSR count). The Morgan fingerprint density at radius 3 is 2.71 bits per heavy atom. The molecule has 0 amide bonds. The van der Waals surface area contributed by atoms with Gasteiger partial charge in [0.1, 0.15) is 12.6 Å². The van der Waals surface area contributed by atoms with Crippen LogP contribution in [0.3, 0.4) is 0 Å². The van der Waals surface area contributed by atoms with E-state index < -0.39 is 10.1 Å². The number of hydrogen-bond donors (Lipinski definition) is 0. The van der Waals surface area contributed by atoms with E-state index in [0.717, 1.165) is 5.56 Å². The maximum absolute atomic E-state index is 11.8. The molecule has 0 radical (unpaired) electrons. The number of benzene rings is 1. The molecule has 1 atom stereocenters. The molecule has 0 bridgehead atoms. The maximum Gasteiger partial charge on any atom is 0.297 e. The van der Waals surface area contributed by atoms with Gasteiger partial charge in [0.15, 0.2) is 6.40 Å². The van der Waals surface area contributed by atoms with Crippen LogP contribution in [-0.2, 0) is 19.0 Å². The summed E-state index contributed by atoms with van der Waals surface area (Å²) in [5.41, 5.74) is 0.998. The van der Waals surface area contributed by atoms with E-state index in [1.807, 2.05) is 6.92 Å². The van der Waals surface area contributed by atoms with Gasteiger partial charge >= 0.3 is 0 Å². The summed E-state index contributed by atoms with van der Waals surface area (Å²) in [5.74, 6) is 0. The van der Waals surface area contributed by atoms with Crippen LogP contribution in [0.4, 0.5) is 0 Å². The number of rotatable bonds is 4. The van der Waals surface area contributed by atoms with E-state index in [1.165, 1.54) is 18.5 Å². The van der Waals surface area contributed by atoms with E-state index in [1.54, 1.807) is 12.1 Å². The normalized spacial score (nSPS) is 19.2. The molecule has 0 fully saturated rings. The maximum atomic E-state index is 11.8. The zero-order valence-electron chi connectivity index (χ0n) is 9.37. The topological polar surface area (TPSA) is 65.0 Å². The lowest BCUT2D eigenvalue weighted by Gasteiger charge is -2.08. The Kier molecular flexibility index (Phi) is 3.44. The van der Waals surface area contributed by atoms with Crippen LogP contribution in [-0.4, -0.2) is 34.1 Å². The zero-order valence-corrected chi connectivity index (χ0v) is 10.2. The first-order valence-electron chi connectivity index (χ1n) is 5.17. The second-order valence-electron chi connectivity index (χ2n) is 3.79. The van der Waals surface area contributed by atoms with Crippen LogP contribution in [0.1, 0.15) is 5.56 Å². The van der Waals surface area contributed by atoms with E-state index >= 15 is 0 Å². The van der Waals surface area contributed by atoms with Gasteiger partial charge in [-0.2, -0.15) is 8.42 Å². The Hall–Kier alpha value is -1.40. The zero-order chi connectivity index (χ0) is 12.3. The molecule has 5 nitrogen and oxygen atoms in total. The van der Waals surface area contributed by atoms with Crippen molar-refractivity contribution in [2.45, 2.75) is 17.9 Å². The fourth-order valence-corrected chi connectivity index (χ4v) is 2.30. The highest BCUT2D eigenvalue weighted by Crippen LogP contribution is 2.14. The highest BCUT2D eigenvalue weighted by Gasteiger charge is 2.19. The second kappa shape index (κ2) is 4.85. The minimum atomic E-state index is -3.69. The first kappa shape index (κ1) is 12.1. The molecule has 0 saturated carbocycles. The predicted octanol–water partition coefficient (Wildman–Crippen LogP) is 1.13. The molecular formula is C11H13NO4S. The molecule has 1 aromatic carbocycles. The predicted molar refractivity (Wildman–Crippen MR) is 62.5 cm³/mol. The highest BCUT2D eigenvalue weighted by molar-refractivity contribution is 7.86. The average Bonchev–Trinajstić information content (AvgIpc) is 2.80. The Morgan fingerprint density at radius 1 is 1.41 bits per heavy atom. The molecule has 1 heterocycles. The third kappa shape index (κ3) is 3.04. The van der Waals surface area contributed by atoms with Crippen LogP contribution in [0.5, 0.6) is 0 Å². The Bertz CT molecular complexity index is 507. The first-order chi connectivity index (χ1) is 8.08. The summed E-state index contributed by atoms with van der Waals surface area (Å²) >= 11 is 0. The van der Waals surface area contributed by atoms with Gasteiger partial charge in [-0.05, 0) is 19.1 Å². The van der Waals surface area contributed by atoms with Gasteiger partial charge in [-0.1, -0.05) is 17.7 Å². The van der Waals surface area contributed by atoms with Crippen molar-refractivity contribution in [1.82, 2.24) is 0 Å². The summed E-state index contributed by atoms with van der Waals surface area (Å²) in [5, 5.41) is 0. The Morgan fingerprint density at radius 2 is 2.12 bits per heavy atom. The third-order valence-corrected chi connectivity index (χ3v) is 3.66. The van der Waals surface area contributed by atoms with Crippen LogP contribution in [0, 0.1) is 6.92 Å². The molecule has 6 heteroatoms. The fraction of sp³-hybridized carbons (Fsp3) is 0.364. The molecule has 0 spiro atoms. The van der Waals surface area contributed by atoms with Crippen molar-refractivity contribution in [1.29, 1.82) is 0 Å². The van der Waals surface area contributed by atoms with E-state index in [9.17, 15) is 8.42 Å². The van der Waals surface area contributed by atoms with Crippen molar-refractivity contribution in [3.05, 3.63) is 29.8 Å². The fourth-order valence-electron chi connectivity index (χ4n) is 1.36. The molecule has 1 aliphatic heterocycles. The number of hydrogen-bond acceptors (Lipinski definition) is 5. The van der Waals surface area contributed by atoms with Gasteiger partial charge in [-0.25, -0.2) is 4.99 Å². The quantitative estimate of drug-likeness (QED) is 0.756. The van der Waals surface area contributed by atoms with Gasteiger partial charge in [0, 0.05) is 0 Å². The number of aryl methyl sites for hydroxylation is 1. The molecule has 1 aliphatic rings. The van der Waals surface area contributed by atoms with Gasteiger partial charge < -0.3 is 4.74 Å². The molecule has 0 saturated heterocycles. The van der Waals surface area contributed by atoms with Crippen LogP contribution in [0.25, 0.3) is 0 Å². The second-order valence-corrected chi connectivity index (χ2v) is 5.41. The summed E-state index contributed by atoms with van der Waals surface area (Å²) in [4.78, 5) is 4.07. The van der Waals surface area contributed by atoms with Gasteiger partial charge in [0.2, 0.25) is 0 Å². The van der Waals surface area contributed by atoms with Crippen LogP contribution >= 0.6 is 0 Å². The summed E-state index contributed by atoms with van der Waals surface area (Å²) in [6.07, 6.45) is 1.31. The van der Waals surface area contributed by atoms with Crippen molar-refractivity contribution in [3.63, 3.8) is 0 Å². The monoisotopic (exact) mass is 255 g/mol. The van der Waals surface area contributed by atoms with Crippen LogP contribution < -0.4 is 0 Å². The summed E-state index contributed by atoms with van der Waals surface area (Å²) in [6, 6.07) is 6.27. The molecular weight excluding hydrogens is 242 g/mol. The summed E-state index contributed by atoms with van der Waals surface area (Å²) in [7, 11) is -3.69. The number of aliphatic imine (C=N–C) groups is 1. The molecule has 92 valence electrons. The number of ether oxygens (including phenoxy) is 1. The van der Waals surface area contributed by atoms with Gasteiger partial charge in [0.25, 0.3) is 10.1 Å². The van der Waals surface area contributed by atoms with E-state index in [-0.39, 0.29) is 17.5 Å². The third-order valence-electron chi connectivity index (χ3n) is 2.36. The summed E-state index contributed by atoms with van der Waals surface area (Å²) < 4.78 is 33.4. The van der Waals surface area contributed by atoms with E-state index in [4.69, 9.17) is 8.92 Å². The van der Waals surface area contributed by atoms with E-state index in [0.29, 0.717) is 6.61 Å². The molecule has 1 aromatic rings. The van der Waals surface area contributed by atoms with Gasteiger partial charge in [0.05, 0.1) is 11.5 Å². The van der Waals surface area contributed by atoms with Crippen molar-refractivity contribution in [3.8, 4) is 0 Å². The molecule has 0 aliphatic carbocycles. The molecule has 1 unspecified atom stereocenters. The van der Waals surface area contributed by atoms with E-state index in [2.05, 4.69) is 4.99 Å². The van der Waals surface area contributed by atoms with Crippen LogP contribution in [0.2, 0.25) is 0 Å². The summed E-state index contributed by atoms with van der Waals surface area (Å²) in [6.45, 7) is 2.26. The van der Waals surface area contributed by atoms with Gasteiger partial charge in [-0.3, -0.25) is 4.18 Å². The van der Waals surface area contributed by atoms with Crippen molar-refractivity contribution >= 4 is 16.5 Å². The molecule has 0 aromatic heterocycles. The average molecular weight is 255 g/mol. The van der Waals surface area contributed by atoms with Crippen molar-refractivity contribution in [2.75, 3.05) is 13.2 Å². The first-order valence-corrected chi connectivity index (χ1v) is 6.58. The lowest BCUT2D eigenvalue weighted by Crippen LogP contribution is -2.18. The SMILES string of the molecule is Cc1ccc(S(=O)(=O)OCC2COC=N2)cc1. The smallest absolute Gasteiger partial charge is 0.297 e. The minimum absolute atomic E-state index is 0.00666. The van der Waals surface area contributed by atoms with Crippen LogP contribution in [0.15, 0.2) is 34.2 Å². The standard InChI is InChI=1S/C11H13NO4S/c1-9-2-4-11(5-3-9)17(13,14)16-7-10-6-15-8-12-10/h2-5,8,10H,6-7H2,1H3. The van der Waals surface area contributed by atoms with Crippen molar-refractivity contribution < 1.29 is 17.3 Å². The highest BCUT2D eigenvalue weighted by atomic mass is 32.2. The number of nitrogens with zero attached hydrogens (tertiary/aromatic N) is 1. The Balaban J connectivity index is 2.03. The lowest BCUT2D eigenvalue weighted by atomic mass is 10.2. The lowest BCUT2D eigenvalue weighted by molar-refractivity contribution is 0.249. The molecule has 17 heavy (non-hydrogen) atoms.